The van der Waals surface area contributed by atoms with Gasteiger partial charge in [-0.1, -0.05) is 24.6 Å². The number of halogens is 1. The highest BCUT2D eigenvalue weighted by atomic mass is 35.5. The van der Waals surface area contributed by atoms with Gasteiger partial charge in [-0.15, -0.1) is 0 Å². The highest BCUT2D eigenvalue weighted by Gasteiger charge is 2.22. The number of nitrogens with one attached hydrogen (secondary N) is 1. The third kappa shape index (κ3) is 2.85. The van der Waals surface area contributed by atoms with Crippen molar-refractivity contribution in [3.05, 3.63) is 46.0 Å². The molecule has 2 aromatic heterocycles. The van der Waals surface area contributed by atoms with Gasteiger partial charge in [0, 0.05) is 17.9 Å². The summed E-state index contributed by atoms with van der Waals surface area (Å²) in [6.45, 7) is 6.85. The number of hydrogen-bond acceptors (Lipinski definition) is 4. The van der Waals surface area contributed by atoms with Gasteiger partial charge in [-0.2, -0.15) is 5.10 Å². The van der Waals surface area contributed by atoms with Crippen LogP contribution in [0.15, 0.2) is 18.3 Å². The second-order valence-corrected chi connectivity index (χ2v) is 5.24. The van der Waals surface area contributed by atoms with E-state index in [1.54, 1.807) is 6.20 Å². The molecule has 2 aromatic rings. The summed E-state index contributed by atoms with van der Waals surface area (Å²) in [7, 11) is 0. The third-order valence-corrected chi connectivity index (χ3v) is 3.58. The van der Waals surface area contributed by atoms with Gasteiger partial charge in [-0.25, -0.2) is 5.43 Å². The van der Waals surface area contributed by atoms with Gasteiger partial charge in [0.25, 0.3) is 0 Å². The molecule has 3 N–H and O–H groups in total. The van der Waals surface area contributed by atoms with E-state index in [1.807, 2.05) is 30.7 Å². The largest absolute Gasteiger partial charge is 0.271 e. The molecule has 0 spiro atoms. The number of nitrogens with two attached hydrogens (primary N) is 1. The van der Waals surface area contributed by atoms with E-state index in [9.17, 15) is 0 Å². The smallest absolute Gasteiger partial charge is 0.0910 e. The lowest BCUT2D eigenvalue weighted by Crippen LogP contribution is -2.31. The molecule has 0 aliphatic heterocycles. The van der Waals surface area contributed by atoms with Crippen LogP contribution < -0.4 is 11.3 Å². The molecule has 2 rings (SSSR count). The predicted octanol–water partition coefficient (Wildman–Crippen LogP) is 2.51. The first kappa shape index (κ1) is 15.0. The van der Waals surface area contributed by atoms with Crippen LogP contribution in [0.25, 0.3) is 0 Å². The van der Waals surface area contributed by atoms with Gasteiger partial charge in [0.15, 0.2) is 0 Å². The van der Waals surface area contributed by atoms with Crippen molar-refractivity contribution in [2.45, 2.75) is 39.8 Å². The molecule has 0 bridgehead atoms. The van der Waals surface area contributed by atoms with Crippen LogP contribution in [0.1, 0.15) is 42.0 Å². The number of rotatable bonds is 5. The Hall–Kier alpha value is -1.43. The molecule has 6 heteroatoms. The van der Waals surface area contributed by atoms with E-state index in [1.165, 1.54) is 0 Å². The fourth-order valence-corrected chi connectivity index (χ4v) is 2.62. The molecule has 20 heavy (non-hydrogen) atoms. The van der Waals surface area contributed by atoms with Gasteiger partial charge in [-0.3, -0.25) is 15.5 Å². The average molecular weight is 294 g/mol. The molecular formula is C14H20ClN5. The highest BCUT2D eigenvalue weighted by molar-refractivity contribution is 6.31. The maximum Gasteiger partial charge on any atom is 0.0910 e. The monoisotopic (exact) mass is 293 g/mol. The van der Waals surface area contributed by atoms with Crippen LogP contribution in [0.2, 0.25) is 5.02 Å². The molecule has 0 aliphatic rings. The van der Waals surface area contributed by atoms with Crippen molar-refractivity contribution >= 4 is 11.6 Å². The Morgan fingerprint density at radius 1 is 1.40 bits per heavy atom. The van der Waals surface area contributed by atoms with Crippen molar-refractivity contribution in [2.75, 3.05) is 0 Å². The Bertz CT molecular complexity index is 593. The van der Waals surface area contributed by atoms with Crippen LogP contribution in [0, 0.1) is 13.8 Å². The van der Waals surface area contributed by atoms with Crippen LogP contribution >= 0.6 is 11.6 Å². The van der Waals surface area contributed by atoms with Crippen LogP contribution in [-0.4, -0.2) is 14.8 Å². The minimum atomic E-state index is -0.218. The summed E-state index contributed by atoms with van der Waals surface area (Å²) in [6, 6.07) is 3.78. The number of pyridine rings is 1. The zero-order valence-electron chi connectivity index (χ0n) is 12.0. The molecule has 0 amide bonds. The van der Waals surface area contributed by atoms with Gasteiger partial charge in [0.05, 0.1) is 23.0 Å². The molecule has 0 radical (unpaired) electrons. The Morgan fingerprint density at radius 3 is 2.75 bits per heavy atom. The van der Waals surface area contributed by atoms with Crippen molar-refractivity contribution < 1.29 is 0 Å². The molecule has 0 saturated carbocycles. The Labute approximate surface area is 124 Å². The Balaban J connectivity index is 2.49. The second kappa shape index (κ2) is 6.35. The first-order valence-electron chi connectivity index (χ1n) is 6.70. The molecule has 2 heterocycles. The standard InChI is InChI=1S/C14H20ClN5/c1-4-7-20-14(12(15)8-17-20)13(19-16)11-6-5-9(2)18-10(11)3/h5-6,8,13,19H,4,7,16H2,1-3H3. The summed E-state index contributed by atoms with van der Waals surface area (Å²) in [6.07, 6.45) is 2.64. The lowest BCUT2D eigenvalue weighted by atomic mass is 10.0. The highest BCUT2D eigenvalue weighted by Crippen LogP contribution is 2.29. The number of aryl methyl sites for hydroxylation is 3. The van der Waals surface area contributed by atoms with Crippen molar-refractivity contribution in [1.82, 2.24) is 20.2 Å². The molecule has 0 saturated heterocycles. The maximum atomic E-state index is 6.29. The SMILES string of the molecule is CCCn1ncc(Cl)c1C(NN)c1ccc(C)nc1C. The molecule has 0 aliphatic carbocycles. The summed E-state index contributed by atoms with van der Waals surface area (Å²) in [5.41, 5.74) is 6.65. The Morgan fingerprint density at radius 2 is 2.15 bits per heavy atom. The van der Waals surface area contributed by atoms with Gasteiger partial charge in [0.2, 0.25) is 0 Å². The van der Waals surface area contributed by atoms with Gasteiger partial charge in [0.1, 0.15) is 0 Å². The maximum absolute atomic E-state index is 6.29. The summed E-state index contributed by atoms with van der Waals surface area (Å²) >= 11 is 6.29. The third-order valence-electron chi connectivity index (χ3n) is 3.29. The summed E-state index contributed by atoms with van der Waals surface area (Å²) in [5, 5.41) is 4.93. The number of hydrazine groups is 1. The summed E-state index contributed by atoms with van der Waals surface area (Å²) < 4.78 is 1.89. The number of nitrogens with zero attached hydrogens (tertiary/aromatic N) is 3. The first-order chi connectivity index (χ1) is 9.58. The topological polar surface area (TPSA) is 68.8 Å². The van der Waals surface area contributed by atoms with Gasteiger partial charge in [-0.05, 0) is 31.9 Å². The Kier molecular flexibility index (Phi) is 4.75. The molecule has 5 nitrogen and oxygen atoms in total. The molecule has 1 unspecified atom stereocenters. The number of aromatic nitrogens is 3. The lowest BCUT2D eigenvalue weighted by Gasteiger charge is -2.20. The predicted molar refractivity (Wildman–Crippen MR) is 80.4 cm³/mol. The summed E-state index contributed by atoms with van der Waals surface area (Å²) in [5.74, 6) is 5.76. The van der Waals surface area contributed by atoms with E-state index in [4.69, 9.17) is 17.4 Å². The van der Waals surface area contributed by atoms with Crippen molar-refractivity contribution in [2.24, 2.45) is 5.84 Å². The number of hydrogen-bond donors (Lipinski definition) is 2. The average Bonchev–Trinajstić information content (AvgIpc) is 2.75. The van der Waals surface area contributed by atoms with Crippen LogP contribution in [0.5, 0.6) is 0 Å². The van der Waals surface area contributed by atoms with Crippen molar-refractivity contribution in [3.63, 3.8) is 0 Å². The zero-order chi connectivity index (χ0) is 14.7. The minimum absolute atomic E-state index is 0.218. The van der Waals surface area contributed by atoms with E-state index < -0.39 is 0 Å². The fourth-order valence-electron chi connectivity index (χ4n) is 2.37. The first-order valence-corrected chi connectivity index (χ1v) is 7.07. The fraction of sp³-hybridized carbons (Fsp3) is 0.429. The molecule has 0 fully saturated rings. The van der Waals surface area contributed by atoms with E-state index in [0.29, 0.717) is 5.02 Å². The van der Waals surface area contributed by atoms with E-state index >= 15 is 0 Å². The quantitative estimate of drug-likeness (QED) is 0.656. The second-order valence-electron chi connectivity index (χ2n) is 4.83. The van der Waals surface area contributed by atoms with Crippen molar-refractivity contribution in [1.29, 1.82) is 0 Å². The van der Waals surface area contributed by atoms with Crippen molar-refractivity contribution in [3.8, 4) is 0 Å². The van der Waals surface area contributed by atoms with Gasteiger partial charge < -0.3 is 0 Å². The molecule has 108 valence electrons. The van der Waals surface area contributed by atoms with Crippen LogP contribution in [0.3, 0.4) is 0 Å². The van der Waals surface area contributed by atoms with E-state index in [0.717, 1.165) is 35.6 Å². The van der Waals surface area contributed by atoms with E-state index in [2.05, 4.69) is 22.4 Å². The molecule has 0 aromatic carbocycles. The van der Waals surface area contributed by atoms with E-state index in [-0.39, 0.29) is 6.04 Å². The lowest BCUT2D eigenvalue weighted by molar-refractivity contribution is 0.519. The summed E-state index contributed by atoms with van der Waals surface area (Å²) in [4.78, 5) is 4.49. The minimum Gasteiger partial charge on any atom is -0.271 e. The normalized spacial score (nSPS) is 12.7. The van der Waals surface area contributed by atoms with Crippen LogP contribution in [0.4, 0.5) is 0 Å². The van der Waals surface area contributed by atoms with Gasteiger partial charge >= 0.3 is 0 Å². The molecular weight excluding hydrogens is 274 g/mol. The molecule has 1 atom stereocenters. The zero-order valence-corrected chi connectivity index (χ0v) is 12.8. The van der Waals surface area contributed by atoms with Crippen LogP contribution in [-0.2, 0) is 6.54 Å².